The number of aromatic nitrogens is 1. The quantitative estimate of drug-likeness (QED) is 0.363. The van der Waals surface area contributed by atoms with E-state index >= 15 is 0 Å². The Morgan fingerprint density at radius 1 is 1.06 bits per heavy atom. The van der Waals surface area contributed by atoms with Crippen molar-refractivity contribution in [2.75, 3.05) is 58.7 Å². The lowest BCUT2D eigenvalue weighted by molar-refractivity contribution is -0.126. The van der Waals surface area contributed by atoms with Crippen LogP contribution in [0.5, 0.6) is 17.2 Å². The summed E-state index contributed by atoms with van der Waals surface area (Å²) in [6, 6.07) is 9.93. The molecule has 1 fully saturated rings. The molecule has 0 N–H and O–H groups in total. The molecule has 0 saturated carbocycles. The molecular formula is C24H27N3O4S2. The first-order chi connectivity index (χ1) is 16.1. The van der Waals surface area contributed by atoms with Crippen LogP contribution in [-0.4, -0.2) is 69.6 Å². The molecule has 9 heteroatoms. The summed E-state index contributed by atoms with van der Waals surface area (Å²) in [6.07, 6.45) is 5.44. The van der Waals surface area contributed by atoms with Crippen molar-refractivity contribution < 1.29 is 19.0 Å². The lowest BCUT2D eigenvalue weighted by Crippen LogP contribution is -2.48. The monoisotopic (exact) mass is 485 g/mol. The van der Waals surface area contributed by atoms with Crippen molar-refractivity contribution in [3.63, 3.8) is 0 Å². The van der Waals surface area contributed by atoms with Gasteiger partial charge < -0.3 is 24.0 Å². The summed E-state index contributed by atoms with van der Waals surface area (Å²) in [5, 5.41) is 1.02. The Bertz CT molecular complexity index is 1140. The van der Waals surface area contributed by atoms with Crippen LogP contribution in [0.4, 0.5) is 5.13 Å². The van der Waals surface area contributed by atoms with Gasteiger partial charge in [-0.15, -0.1) is 11.8 Å². The number of ether oxygens (including phenoxy) is 3. The molecule has 0 atom stereocenters. The molecule has 0 bridgehead atoms. The van der Waals surface area contributed by atoms with E-state index < -0.39 is 0 Å². The number of piperazine rings is 1. The van der Waals surface area contributed by atoms with Crippen LogP contribution in [0.2, 0.25) is 0 Å². The average molecular weight is 486 g/mol. The average Bonchev–Trinajstić information content (AvgIpc) is 3.31. The van der Waals surface area contributed by atoms with E-state index in [-0.39, 0.29) is 5.91 Å². The van der Waals surface area contributed by atoms with Crippen LogP contribution in [0.1, 0.15) is 5.56 Å². The van der Waals surface area contributed by atoms with Gasteiger partial charge in [0, 0.05) is 37.2 Å². The zero-order valence-electron chi connectivity index (χ0n) is 19.2. The van der Waals surface area contributed by atoms with Gasteiger partial charge in [-0.1, -0.05) is 17.4 Å². The van der Waals surface area contributed by atoms with Crippen LogP contribution in [0, 0.1) is 0 Å². The lowest BCUT2D eigenvalue weighted by atomic mass is 10.1. The standard InChI is InChI=1S/C24H27N3O4S2/c1-29-17-14-16(15-18(30-2)23(17)31-3)8-9-21(28)26-10-12-27(13-11-26)24-25-22-19(32-4)6-5-7-20(22)33-24/h5-9,14-15H,10-13H2,1-4H3/b9-8-. The third kappa shape index (κ3) is 4.89. The molecule has 7 nitrogen and oxygen atoms in total. The summed E-state index contributed by atoms with van der Waals surface area (Å²) in [5.41, 5.74) is 1.87. The molecule has 1 saturated heterocycles. The number of amides is 1. The highest BCUT2D eigenvalue weighted by molar-refractivity contribution is 7.98. The van der Waals surface area contributed by atoms with Crippen molar-refractivity contribution in [1.82, 2.24) is 9.88 Å². The molecule has 1 amide bonds. The van der Waals surface area contributed by atoms with E-state index in [0.717, 1.165) is 29.3 Å². The summed E-state index contributed by atoms with van der Waals surface area (Å²) in [5.74, 6) is 1.62. The van der Waals surface area contributed by atoms with Gasteiger partial charge in [-0.25, -0.2) is 4.98 Å². The van der Waals surface area contributed by atoms with Crippen LogP contribution >= 0.6 is 23.1 Å². The van der Waals surface area contributed by atoms with Crippen molar-refractivity contribution in [2.24, 2.45) is 0 Å². The minimum Gasteiger partial charge on any atom is -0.493 e. The van der Waals surface area contributed by atoms with Crippen molar-refractivity contribution in [1.29, 1.82) is 0 Å². The number of thioether (sulfide) groups is 1. The summed E-state index contributed by atoms with van der Waals surface area (Å²) in [7, 11) is 4.71. The molecule has 2 aromatic carbocycles. The maximum absolute atomic E-state index is 12.8. The number of nitrogens with zero attached hydrogens (tertiary/aromatic N) is 3. The van der Waals surface area contributed by atoms with Crippen molar-refractivity contribution in [3.05, 3.63) is 42.0 Å². The largest absolute Gasteiger partial charge is 0.493 e. The number of para-hydroxylation sites is 1. The highest BCUT2D eigenvalue weighted by atomic mass is 32.2. The number of hydrogen-bond donors (Lipinski definition) is 0. The Morgan fingerprint density at radius 2 is 1.76 bits per heavy atom. The number of carbonyl (C=O) groups excluding carboxylic acids is 1. The van der Waals surface area contributed by atoms with Gasteiger partial charge in [0.2, 0.25) is 11.7 Å². The Morgan fingerprint density at radius 3 is 2.36 bits per heavy atom. The summed E-state index contributed by atoms with van der Waals surface area (Å²) >= 11 is 3.43. The topological polar surface area (TPSA) is 64.1 Å². The number of methoxy groups -OCH3 is 3. The number of thiazole rings is 1. The van der Waals surface area contributed by atoms with E-state index in [4.69, 9.17) is 19.2 Å². The molecule has 1 aliphatic rings. The van der Waals surface area contributed by atoms with E-state index in [9.17, 15) is 4.79 Å². The van der Waals surface area contributed by atoms with Gasteiger partial charge in [0.1, 0.15) is 0 Å². The predicted octanol–water partition coefficient (Wildman–Crippen LogP) is 4.41. The fourth-order valence-electron chi connectivity index (χ4n) is 3.80. The summed E-state index contributed by atoms with van der Waals surface area (Å²) in [6.45, 7) is 2.84. The second-order valence-electron chi connectivity index (χ2n) is 7.41. The van der Waals surface area contributed by atoms with Crippen LogP contribution in [0.25, 0.3) is 16.3 Å². The molecule has 0 aliphatic carbocycles. The summed E-state index contributed by atoms with van der Waals surface area (Å²) < 4.78 is 17.3. The normalized spacial score (nSPS) is 14.2. The van der Waals surface area contributed by atoms with Crippen molar-refractivity contribution in [2.45, 2.75) is 4.90 Å². The highest BCUT2D eigenvalue weighted by Crippen LogP contribution is 2.38. The number of benzene rings is 2. The minimum atomic E-state index is -0.0163. The number of hydrogen-bond acceptors (Lipinski definition) is 8. The second kappa shape index (κ2) is 10.4. The molecule has 174 valence electrons. The summed E-state index contributed by atoms with van der Waals surface area (Å²) in [4.78, 5) is 23.0. The molecule has 0 spiro atoms. The van der Waals surface area contributed by atoms with E-state index in [1.54, 1.807) is 56.6 Å². The van der Waals surface area contributed by atoms with Crippen LogP contribution in [0.15, 0.2) is 41.3 Å². The molecule has 0 radical (unpaired) electrons. The third-order valence-corrected chi connectivity index (χ3v) is 7.41. The van der Waals surface area contributed by atoms with Crippen LogP contribution in [-0.2, 0) is 4.79 Å². The number of carbonyl (C=O) groups is 1. The zero-order chi connectivity index (χ0) is 23.4. The van der Waals surface area contributed by atoms with Crippen LogP contribution < -0.4 is 19.1 Å². The van der Waals surface area contributed by atoms with Gasteiger partial charge in [-0.2, -0.15) is 0 Å². The Labute approximate surface area is 201 Å². The fourth-order valence-corrected chi connectivity index (χ4v) is 5.47. The zero-order valence-corrected chi connectivity index (χ0v) is 20.8. The molecule has 33 heavy (non-hydrogen) atoms. The van der Waals surface area contributed by atoms with E-state index in [2.05, 4.69) is 29.4 Å². The van der Waals surface area contributed by atoms with Gasteiger partial charge >= 0.3 is 0 Å². The Balaban J connectivity index is 1.41. The van der Waals surface area contributed by atoms with Crippen LogP contribution in [0.3, 0.4) is 0 Å². The van der Waals surface area contributed by atoms with Gasteiger partial charge in [0.15, 0.2) is 16.6 Å². The fraction of sp³-hybridized carbons (Fsp3) is 0.333. The van der Waals surface area contributed by atoms with Crippen molar-refractivity contribution in [3.8, 4) is 17.2 Å². The molecule has 0 unspecified atom stereocenters. The number of fused-ring (bicyclic) bond motifs is 1. The SMILES string of the molecule is COc1cc(/C=C\C(=O)N2CCN(c3nc4c(SC)cccc4s3)CC2)cc(OC)c1OC. The first-order valence-electron chi connectivity index (χ1n) is 10.5. The molecular weight excluding hydrogens is 458 g/mol. The predicted molar refractivity (Wildman–Crippen MR) is 135 cm³/mol. The Hall–Kier alpha value is -2.91. The second-order valence-corrected chi connectivity index (χ2v) is 9.26. The number of anilines is 1. The molecule has 1 aliphatic heterocycles. The van der Waals surface area contributed by atoms with E-state index in [1.165, 1.54) is 9.60 Å². The van der Waals surface area contributed by atoms with Gasteiger partial charge in [-0.05, 0) is 42.2 Å². The van der Waals surface area contributed by atoms with Gasteiger partial charge in [0.05, 0.1) is 31.5 Å². The lowest BCUT2D eigenvalue weighted by Gasteiger charge is -2.34. The highest BCUT2D eigenvalue weighted by Gasteiger charge is 2.22. The molecule has 3 aromatic rings. The van der Waals surface area contributed by atoms with E-state index in [0.29, 0.717) is 30.3 Å². The Kier molecular flexibility index (Phi) is 7.29. The third-order valence-electron chi connectivity index (χ3n) is 5.56. The number of rotatable bonds is 7. The van der Waals surface area contributed by atoms with E-state index in [1.807, 2.05) is 17.0 Å². The molecule has 1 aromatic heterocycles. The van der Waals surface area contributed by atoms with Gasteiger partial charge in [0.25, 0.3) is 0 Å². The molecule has 2 heterocycles. The maximum atomic E-state index is 12.8. The smallest absolute Gasteiger partial charge is 0.246 e. The van der Waals surface area contributed by atoms with Crippen molar-refractivity contribution >= 4 is 50.4 Å². The molecule has 4 rings (SSSR count). The maximum Gasteiger partial charge on any atom is 0.246 e. The van der Waals surface area contributed by atoms with Gasteiger partial charge in [-0.3, -0.25) is 4.79 Å². The minimum absolute atomic E-state index is 0.0163. The first-order valence-corrected chi connectivity index (χ1v) is 12.6. The first kappa shape index (κ1) is 23.3.